The molecule has 25 heavy (non-hydrogen) atoms. The van der Waals surface area contributed by atoms with Crippen molar-refractivity contribution in [2.75, 3.05) is 50.7 Å². The Kier molecular flexibility index (Phi) is 4.72. The number of hydrogen-bond acceptors (Lipinski definition) is 5. The van der Waals surface area contributed by atoms with Crippen molar-refractivity contribution in [1.82, 2.24) is 15.5 Å². The van der Waals surface area contributed by atoms with Gasteiger partial charge in [-0.3, -0.25) is 19.8 Å². The lowest BCUT2D eigenvalue weighted by Gasteiger charge is -2.39. The van der Waals surface area contributed by atoms with Crippen LogP contribution in [0.15, 0.2) is 24.3 Å². The van der Waals surface area contributed by atoms with E-state index in [-0.39, 0.29) is 17.7 Å². The van der Waals surface area contributed by atoms with E-state index in [0.717, 1.165) is 37.7 Å². The molecule has 0 radical (unpaired) electrons. The number of benzene rings is 1. The highest BCUT2D eigenvalue weighted by molar-refractivity contribution is 6.00. The van der Waals surface area contributed by atoms with E-state index in [0.29, 0.717) is 12.8 Å². The van der Waals surface area contributed by atoms with Crippen molar-refractivity contribution in [3.8, 4) is 0 Å². The average molecular weight is 342 g/mol. The average Bonchev–Trinajstić information content (AvgIpc) is 2.59. The van der Waals surface area contributed by atoms with Crippen molar-refractivity contribution in [3.05, 3.63) is 29.8 Å². The van der Waals surface area contributed by atoms with Crippen LogP contribution in [0.2, 0.25) is 0 Å². The Morgan fingerprint density at radius 2 is 1.72 bits per heavy atom. The van der Waals surface area contributed by atoms with Crippen molar-refractivity contribution in [3.63, 3.8) is 0 Å². The molecule has 134 valence electrons. The second-order valence-electron chi connectivity index (χ2n) is 7.41. The summed E-state index contributed by atoms with van der Waals surface area (Å²) in [5, 5.41) is 5.78. The molecule has 6 nitrogen and oxygen atoms in total. The molecule has 1 atom stereocenters. The Balaban J connectivity index is 1.33. The van der Waals surface area contributed by atoms with E-state index in [1.54, 1.807) is 0 Å². The summed E-state index contributed by atoms with van der Waals surface area (Å²) >= 11 is 0. The van der Waals surface area contributed by atoms with Gasteiger partial charge in [0.05, 0.1) is 5.92 Å². The molecule has 3 aliphatic rings. The van der Waals surface area contributed by atoms with Gasteiger partial charge in [0.1, 0.15) is 0 Å². The van der Waals surface area contributed by atoms with E-state index in [1.807, 2.05) is 12.1 Å². The topological polar surface area (TPSA) is 64.7 Å². The highest BCUT2D eigenvalue weighted by Gasteiger charge is 2.28. The first-order chi connectivity index (χ1) is 12.2. The van der Waals surface area contributed by atoms with Crippen LogP contribution < -0.4 is 15.5 Å². The van der Waals surface area contributed by atoms with Crippen LogP contribution >= 0.6 is 0 Å². The van der Waals surface area contributed by atoms with Crippen LogP contribution in [-0.4, -0.2) is 62.5 Å². The lowest BCUT2D eigenvalue weighted by Crippen LogP contribution is -2.53. The minimum atomic E-state index is -0.195. The Hall–Kier alpha value is -1.92. The maximum absolute atomic E-state index is 12.0. The predicted molar refractivity (Wildman–Crippen MR) is 96.6 cm³/mol. The number of piperazine rings is 1. The lowest BCUT2D eigenvalue weighted by molar-refractivity contribution is -0.134. The van der Waals surface area contributed by atoms with E-state index in [1.165, 1.54) is 25.3 Å². The van der Waals surface area contributed by atoms with Gasteiger partial charge in [0.25, 0.3) is 0 Å². The molecule has 3 fully saturated rings. The fourth-order valence-corrected chi connectivity index (χ4v) is 3.96. The highest BCUT2D eigenvalue weighted by atomic mass is 16.2. The van der Waals surface area contributed by atoms with Gasteiger partial charge in [0.2, 0.25) is 11.8 Å². The molecule has 2 N–H and O–H groups in total. The van der Waals surface area contributed by atoms with Gasteiger partial charge < -0.3 is 10.2 Å². The monoisotopic (exact) mass is 342 g/mol. The van der Waals surface area contributed by atoms with E-state index >= 15 is 0 Å². The van der Waals surface area contributed by atoms with Crippen LogP contribution in [0, 0.1) is 5.92 Å². The van der Waals surface area contributed by atoms with Crippen LogP contribution in [0.1, 0.15) is 24.3 Å². The summed E-state index contributed by atoms with van der Waals surface area (Å²) in [6.45, 7) is 7.89. The minimum absolute atomic E-state index is 0.159. The van der Waals surface area contributed by atoms with Crippen LogP contribution in [0.5, 0.6) is 0 Å². The van der Waals surface area contributed by atoms with Gasteiger partial charge in [-0.2, -0.15) is 0 Å². The maximum Gasteiger partial charge on any atom is 0.234 e. The zero-order valence-electron chi connectivity index (χ0n) is 14.5. The van der Waals surface area contributed by atoms with Gasteiger partial charge in [0.15, 0.2) is 0 Å². The van der Waals surface area contributed by atoms with E-state index in [4.69, 9.17) is 0 Å². The van der Waals surface area contributed by atoms with Crippen molar-refractivity contribution in [1.29, 1.82) is 0 Å². The van der Waals surface area contributed by atoms with E-state index < -0.39 is 0 Å². The molecular weight excluding hydrogens is 316 g/mol. The number of carbonyl (C=O) groups excluding carboxylic acids is 2. The third kappa shape index (κ3) is 3.70. The molecule has 6 heteroatoms. The molecule has 3 aliphatic heterocycles. The molecule has 0 aliphatic carbocycles. The summed E-state index contributed by atoms with van der Waals surface area (Å²) in [6, 6.07) is 8.32. The number of piperidine rings is 1. The number of nitrogens with zero attached hydrogens (tertiary/aromatic N) is 2. The largest absolute Gasteiger partial charge is 0.369 e. The fraction of sp³-hybridized carbons (Fsp3) is 0.579. The Morgan fingerprint density at radius 1 is 1.00 bits per heavy atom. The molecule has 3 saturated heterocycles. The van der Waals surface area contributed by atoms with Crippen LogP contribution in [0.3, 0.4) is 0 Å². The minimum Gasteiger partial charge on any atom is -0.369 e. The summed E-state index contributed by atoms with van der Waals surface area (Å²) in [7, 11) is 0. The molecule has 0 saturated carbocycles. The molecule has 1 aromatic rings. The first kappa shape index (κ1) is 16.5. The quantitative estimate of drug-likeness (QED) is 0.783. The molecule has 0 bridgehead atoms. The molecule has 1 unspecified atom stereocenters. The third-order valence-electron chi connectivity index (χ3n) is 5.65. The standard InChI is InChI=1S/C19H26N4O2/c24-18-6-5-17(19(25)21-18)15-1-3-16(4-2-15)23-9-7-22(8-10-23)13-14-11-20-12-14/h1-4,14,17,20H,5-13H2,(H,21,24,25). The van der Waals surface area contributed by atoms with Crippen molar-refractivity contribution < 1.29 is 9.59 Å². The van der Waals surface area contributed by atoms with Gasteiger partial charge in [-0.25, -0.2) is 0 Å². The van der Waals surface area contributed by atoms with Gasteiger partial charge >= 0.3 is 0 Å². The van der Waals surface area contributed by atoms with Crippen molar-refractivity contribution in [2.45, 2.75) is 18.8 Å². The SMILES string of the molecule is O=C1CCC(c2ccc(N3CCN(CC4CNC4)CC3)cc2)C(=O)N1. The van der Waals surface area contributed by atoms with Crippen molar-refractivity contribution in [2.24, 2.45) is 5.92 Å². The predicted octanol–water partition coefficient (Wildman–Crippen LogP) is 0.548. The number of amides is 2. The number of nitrogens with one attached hydrogen (secondary N) is 2. The van der Waals surface area contributed by atoms with Gasteiger partial charge in [-0.15, -0.1) is 0 Å². The van der Waals surface area contributed by atoms with Crippen LogP contribution in [0.4, 0.5) is 5.69 Å². The summed E-state index contributed by atoms with van der Waals surface area (Å²) in [5.41, 5.74) is 2.23. The molecule has 0 spiro atoms. The summed E-state index contributed by atoms with van der Waals surface area (Å²) in [4.78, 5) is 28.3. The number of anilines is 1. The summed E-state index contributed by atoms with van der Waals surface area (Å²) in [6.07, 6.45) is 1.04. The Morgan fingerprint density at radius 3 is 2.32 bits per heavy atom. The van der Waals surface area contributed by atoms with E-state index in [9.17, 15) is 9.59 Å². The molecule has 1 aromatic carbocycles. The second kappa shape index (κ2) is 7.14. The third-order valence-corrected chi connectivity index (χ3v) is 5.65. The number of hydrogen-bond donors (Lipinski definition) is 2. The first-order valence-electron chi connectivity index (χ1n) is 9.31. The first-order valence-corrected chi connectivity index (χ1v) is 9.31. The summed E-state index contributed by atoms with van der Waals surface area (Å²) < 4.78 is 0. The van der Waals surface area contributed by atoms with Gasteiger partial charge in [-0.05, 0) is 30.0 Å². The lowest BCUT2D eigenvalue weighted by atomic mass is 9.90. The van der Waals surface area contributed by atoms with Crippen molar-refractivity contribution >= 4 is 17.5 Å². The second-order valence-corrected chi connectivity index (χ2v) is 7.41. The number of carbonyl (C=O) groups is 2. The maximum atomic E-state index is 12.0. The smallest absolute Gasteiger partial charge is 0.234 e. The Bertz CT molecular complexity index is 633. The van der Waals surface area contributed by atoms with Crippen LogP contribution in [0.25, 0.3) is 0 Å². The van der Waals surface area contributed by atoms with Gasteiger partial charge in [0, 0.05) is 57.9 Å². The Labute approximate surface area is 148 Å². The van der Waals surface area contributed by atoms with E-state index in [2.05, 4.69) is 32.6 Å². The summed E-state index contributed by atoms with van der Waals surface area (Å²) in [5.74, 6) is 0.315. The van der Waals surface area contributed by atoms with Crippen LogP contribution in [-0.2, 0) is 9.59 Å². The molecular formula is C19H26N4O2. The van der Waals surface area contributed by atoms with Gasteiger partial charge in [-0.1, -0.05) is 12.1 Å². The number of rotatable bonds is 4. The molecule has 4 rings (SSSR count). The highest BCUT2D eigenvalue weighted by Crippen LogP contribution is 2.27. The zero-order valence-corrected chi connectivity index (χ0v) is 14.5. The normalized spacial score (nSPS) is 25.6. The molecule has 2 amide bonds. The fourth-order valence-electron chi connectivity index (χ4n) is 3.96. The number of imide groups is 1. The zero-order chi connectivity index (χ0) is 17.2. The molecule has 3 heterocycles. The molecule has 0 aromatic heterocycles.